The topological polar surface area (TPSA) is 64.2 Å². The van der Waals surface area contributed by atoms with Gasteiger partial charge < -0.3 is 10.6 Å². The van der Waals surface area contributed by atoms with Crippen LogP contribution in [0.4, 0.5) is 5.69 Å². The van der Waals surface area contributed by atoms with E-state index in [0.29, 0.717) is 30.2 Å². The van der Waals surface area contributed by atoms with Gasteiger partial charge in [0.05, 0.1) is 11.4 Å². The van der Waals surface area contributed by atoms with Gasteiger partial charge in [-0.15, -0.1) is 0 Å². The highest BCUT2D eigenvalue weighted by Crippen LogP contribution is 2.19. The minimum atomic E-state index is -0.0915. The van der Waals surface area contributed by atoms with E-state index in [4.69, 9.17) is 5.73 Å². The first-order chi connectivity index (χ1) is 9.04. The van der Waals surface area contributed by atoms with Gasteiger partial charge in [-0.05, 0) is 36.2 Å². The van der Waals surface area contributed by atoms with Gasteiger partial charge in [0.25, 0.3) is 5.91 Å². The van der Waals surface area contributed by atoms with Gasteiger partial charge >= 0.3 is 0 Å². The Bertz CT molecular complexity index is 574. The third kappa shape index (κ3) is 2.63. The van der Waals surface area contributed by atoms with Gasteiger partial charge in [0.15, 0.2) is 0 Å². The number of amides is 1. The molecule has 2 N–H and O–H groups in total. The van der Waals surface area contributed by atoms with E-state index in [1.165, 1.54) is 0 Å². The van der Waals surface area contributed by atoms with Gasteiger partial charge in [0.2, 0.25) is 0 Å². The van der Waals surface area contributed by atoms with Crippen molar-refractivity contribution in [2.75, 3.05) is 12.8 Å². The van der Waals surface area contributed by atoms with Crippen molar-refractivity contribution < 1.29 is 4.79 Å². The lowest BCUT2D eigenvalue weighted by Gasteiger charge is -2.17. The first-order valence-electron chi connectivity index (χ1n) is 6.14. The molecule has 19 heavy (non-hydrogen) atoms. The summed E-state index contributed by atoms with van der Waals surface area (Å²) in [4.78, 5) is 14.1. The summed E-state index contributed by atoms with van der Waals surface area (Å²) >= 11 is 1.62. The van der Waals surface area contributed by atoms with E-state index in [-0.39, 0.29) is 5.91 Å². The molecular formula is C13H18N4OS. The molecule has 0 spiro atoms. The third-order valence-corrected chi connectivity index (χ3v) is 3.75. The number of carbonyl (C=O) groups is 1. The van der Waals surface area contributed by atoms with Crippen molar-refractivity contribution in [2.24, 2.45) is 0 Å². The highest BCUT2D eigenvalue weighted by atomic mass is 32.1. The van der Waals surface area contributed by atoms with Crippen molar-refractivity contribution in [1.29, 1.82) is 0 Å². The van der Waals surface area contributed by atoms with Gasteiger partial charge in [0, 0.05) is 20.1 Å². The molecule has 0 aliphatic heterocycles. The Hall–Kier alpha value is -1.82. The highest BCUT2D eigenvalue weighted by Gasteiger charge is 2.22. The molecule has 0 radical (unpaired) electrons. The third-order valence-electron chi connectivity index (χ3n) is 3.02. The van der Waals surface area contributed by atoms with Crippen LogP contribution in [0.15, 0.2) is 16.8 Å². The smallest absolute Gasteiger partial charge is 0.274 e. The number of nitrogens with zero attached hydrogens (tertiary/aromatic N) is 3. The van der Waals surface area contributed by atoms with Crippen LogP contribution in [0.2, 0.25) is 0 Å². The van der Waals surface area contributed by atoms with Crippen LogP contribution in [0.3, 0.4) is 0 Å². The van der Waals surface area contributed by atoms with Crippen molar-refractivity contribution in [2.45, 2.75) is 26.9 Å². The summed E-state index contributed by atoms with van der Waals surface area (Å²) in [7, 11) is 1.78. The van der Waals surface area contributed by atoms with E-state index in [2.05, 4.69) is 5.10 Å². The molecule has 0 bridgehead atoms. The number of anilines is 1. The fraction of sp³-hybridized carbons (Fsp3) is 0.385. The van der Waals surface area contributed by atoms with Crippen LogP contribution < -0.4 is 5.73 Å². The van der Waals surface area contributed by atoms with E-state index in [0.717, 1.165) is 5.56 Å². The van der Waals surface area contributed by atoms with Gasteiger partial charge in [-0.1, -0.05) is 0 Å². The molecule has 1 amide bonds. The number of hydrogen-bond donors (Lipinski definition) is 1. The van der Waals surface area contributed by atoms with E-state index in [9.17, 15) is 4.79 Å². The number of aryl methyl sites for hydroxylation is 2. The molecule has 0 aromatic carbocycles. The lowest BCUT2D eigenvalue weighted by Crippen LogP contribution is -2.29. The maximum absolute atomic E-state index is 12.5. The van der Waals surface area contributed by atoms with Crippen molar-refractivity contribution in [3.8, 4) is 0 Å². The predicted molar refractivity (Wildman–Crippen MR) is 77.2 cm³/mol. The second-order valence-corrected chi connectivity index (χ2v) is 5.24. The molecule has 0 aliphatic rings. The average molecular weight is 278 g/mol. The molecule has 0 fully saturated rings. The SMILES string of the molecule is CCn1nc(C)c(N)c1C(=O)N(C)Cc1ccsc1. The number of aromatic nitrogens is 2. The van der Waals surface area contributed by atoms with Gasteiger partial charge in [-0.25, -0.2) is 0 Å². The standard InChI is InChI=1S/C13H18N4OS/c1-4-17-12(11(14)9(2)15-17)13(18)16(3)7-10-5-6-19-8-10/h5-6,8H,4,7,14H2,1-3H3. The van der Waals surface area contributed by atoms with E-state index < -0.39 is 0 Å². The number of nitrogens with two attached hydrogens (primary N) is 1. The summed E-state index contributed by atoms with van der Waals surface area (Å²) in [6, 6.07) is 2.01. The Labute approximate surface area is 116 Å². The molecule has 2 heterocycles. The Morgan fingerprint density at radius 2 is 2.32 bits per heavy atom. The molecule has 5 nitrogen and oxygen atoms in total. The fourth-order valence-electron chi connectivity index (χ4n) is 1.96. The van der Waals surface area contributed by atoms with Gasteiger partial charge in [-0.2, -0.15) is 16.4 Å². The monoisotopic (exact) mass is 278 g/mol. The number of thiophene rings is 1. The van der Waals surface area contributed by atoms with Crippen LogP contribution in [0, 0.1) is 6.92 Å². The van der Waals surface area contributed by atoms with Crippen LogP contribution in [0.1, 0.15) is 28.7 Å². The molecular weight excluding hydrogens is 260 g/mol. The number of nitrogen functional groups attached to an aromatic ring is 1. The van der Waals surface area contributed by atoms with E-state index in [1.807, 2.05) is 30.7 Å². The first kappa shape index (κ1) is 13.6. The molecule has 2 aromatic heterocycles. The van der Waals surface area contributed by atoms with E-state index in [1.54, 1.807) is 28.0 Å². The Kier molecular flexibility index (Phi) is 3.90. The number of hydrogen-bond acceptors (Lipinski definition) is 4. The average Bonchev–Trinajstić information content (AvgIpc) is 2.98. The van der Waals surface area contributed by atoms with Crippen molar-refractivity contribution in [3.05, 3.63) is 33.8 Å². The summed E-state index contributed by atoms with van der Waals surface area (Å²) in [6.45, 7) is 4.97. The minimum Gasteiger partial charge on any atom is -0.395 e. The predicted octanol–water partition coefficient (Wildman–Crippen LogP) is 2.13. The first-order valence-corrected chi connectivity index (χ1v) is 7.08. The molecule has 0 saturated heterocycles. The molecule has 0 atom stereocenters. The molecule has 2 rings (SSSR count). The molecule has 0 saturated carbocycles. The van der Waals surface area contributed by atoms with Crippen LogP contribution in [0.5, 0.6) is 0 Å². The zero-order chi connectivity index (χ0) is 14.0. The molecule has 6 heteroatoms. The van der Waals surface area contributed by atoms with Crippen LogP contribution in [-0.2, 0) is 13.1 Å². The fourth-order valence-corrected chi connectivity index (χ4v) is 2.62. The zero-order valence-electron chi connectivity index (χ0n) is 11.4. The van der Waals surface area contributed by atoms with E-state index >= 15 is 0 Å². The van der Waals surface area contributed by atoms with Gasteiger partial charge in [-0.3, -0.25) is 9.48 Å². The summed E-state index contributed by atoms with van der Waals surface area (Å²) in [5.41, 5.74) is 8.75. The molecule has 0 unspecified atom stereocenters. The second kappa shape index (κ2) is 5.44. The van der Waals surface area contributed by atoms with Crippen LogP contribution in [-0.4, -0.2) is 27.6 Å². The summed E-state index contributed by atoms with van der Waals surface area (Å²) in [5, 5.41) is 8.32. The lowest BCUT2D eigenvalue weighted by molar-refractivity contribution is 0.0774. The number of rotatable bonds is 4. The van der Waals surface area contributed by atoms with Crippen LogP contribution >= 0.6 is 11.3 Å². The quantitative estimate of drug-likeness (QED) is 0.931. The normalized spacial score (nSPS) is 10.7. The maximum Gasteiger partial charge on any atom is 0.274 e. The largest absolute Gasteiger partial charge is 0.395 e. The zero-order valence-corrected chi connectivity index (χ0v) is 12.2. The van der Waals surface area contributed by atoms with Crippen molar-refractivity contribution in [1.82, 2.24) is 14.7 Å². The van der Waals surface area contributed by atoms with Gasteiger partial charge in [0.1, 0.15) is 5.69 Å². The lowest BCUT2D eigenvalue weighted by atomic mass is 10.2. The summed E-state index contributed by atoms with van der Waals surface area (Å²) in [5.74, 6) is -0.0915. The maximum atomic E-state index is 12.5. The molecule has 102 valence electrons. The second-order valence-electron chi connectivity index (χ2n) is 4.46. The Morgan fingerprint density at radius 1 is 1.58 bits per heavy atom. The van der Waals surface area contributed by atoms with Crippen LogP contribution in [0.25, 0.3) is 0 Å². The summed E-state index contributed by atoms with van der Waals surface area (Å²) < 4.78 is 1.66. The Morgan fingerprint density at radius 3 is 2.89 bits per heavy atom. The van der Waals surface area contributed by atoms with Crippen molar-refractivity contribution >= 4 is 22.9 Å². The summed E-state index contributed by atoms with van der Waals surface area (Å²) in [6.07, 6.45) is 0. The molecule has 0 aliphatic carbocycles. The highest BCUT2D eigenvalue weighted by molar-refractivity contribution is 7.07. The van der Waals surface area contributed by atoms with Crippen molar-refractivity contribution in [3.63, 3.8) is 0 Å². The molecule has 2 aromatic rings. The Balaban J connectivity index is 2.24. The number of carbonyl (C=O) groups excluding carboxylic acids is 1. The minimum absolute atomic E-state index is 0.0915.